The van der Waals surface area contributed by atoms with Gasteiger partial charge in [-0.1, -0.05) is 0 Å². The molecule has 0 aliphatic carbocycles. The number of aromatic nitrogens is 1. The molecule has 0 aliphatic heterocycles. The first-order chi connectivity index (χ1) is 10.9. The van der Waals surface area contributed by atoms with Gasteiger partial charge in [0.25, 0.3) is 0 Å². The Morgan fingerprint density at radius 1 is 1.39 bits per heavy atom. The second-order valence-corrected chi connectivity index (χ2v) is 6.72. The van der Waals surface area contributed by atoms with E-state index in [1.807, 2.05) is 19.2 Å². The lowest BCUT2D eigenvalue weighted by atomic mass is 10.0. The molecule has 1 atom stereocenters. The summed E-state index contributed by atoms with van der Waals surface area (Å²) in [6.07, 6.45) is 1.68. The zero-order valence-corrected chi connectivity index (χ0v) is 14.5. The highest BCUT2D eigenvalue weighted by molar-refractivity contribution is 7.09. The Morgan fingerprint density at radius 2 is 2.17 bits per heavy atom. The Morgan fingerprint density at radius 3 is 2.78 bits per heavy atom. The maximum absolute atomic E-state index is 11.8. The summed E-state index contributed by atoms with van der Waals surface area (Å²) in [6.45, 7) is 6.03. The van der Waals surface area contributed by atoms with Crippen molar-refractivity contribution in [2.45, 2.75) is 39.2 Å². The maximum Gasteiger partial charge on any atom is 0.314 e. The van der Waals surface area contributed by atoms with Gasteiger partial charge in [0.1, 0.15) is 17.1 Å². The molecule has 2 aromatic rings. The molecule has 6 nitrogen and oxygen atoms in total. The molecule has 0 saturated heterocycles. The van der Waals surface area contributed by atoms with Crippen molar-refractivity contribution in [3.63, 3.8) is 0 Å². The van der Waals surface area contributed by atoms with Crippen LogP contribution < -0.4 is 10.6 Å². The average Bonchev–Trinajstić information content (AvgIpc) is 3.10. The van der Waals surface area contributed by atoms with Crippen LogP contribution in [0.3, 0.4) is 0 Å². The number of rotatable bonds is 7. The molecule has 0 saturated carbocycles. The summed E-state index contributed by atoms with van der Waals surface area (Å²) < 4.78 is 5.40. The molecule has 126 valence electrons. The van der Waals surface area contributed by atoms with E-state index in [1.165, 1.54) is 0 Å². The van der Waals surface area contributed by atoms with E-state index in [1.54, 1.807) is 30.4 Å². The molecule has 1 unspecified atom stereocenters. The lowest BCUT2D eigenvalue weighted by Gasteiger charge is -2.21. The zero-order valence-electron chi connectivity index (χ0n) is 13.7. The Kier molecular flexibility index (Phi) is 5.79. The normalized spacial score (nSPS) is 13.6. The molecule has 0 aromatic carbocycles. The van der Waals surface area contributed by atoms with Crippen molar-refractivity contribution >= 4 is 17.4 Å². The molecule has 2 aromatic heterocycles. The highest BCUT2D eigenvalue weighted by atomic mass is 32.1. The topological polar surface area (TPSA) is 87.4 Å². The summed E-state index contributed by atoms with van der Waals surface area (Å²) >= 11 is 1.64. The smallest absolute Gasteiger partial charge is 0.314 e. The van der Waals surface area contributed by atoms with E-state index in [0.717, 1.165) is 29.3 Å². The summed E-state index contributed by atoms with van der Waals surface area (Å²) in [7, 11) is 0. The van der Waals surface area contributed by atoms with Gasteiger partial charge in [0.15, 0.2) is 0 Å². The van der Waals surface area contributed by atoms with Gasteiger partial charge in [0, 0.05) is 24.0 Å². The van der Waals surface area contributed by atoms with Gasteiger partial charge in [0.05, 0.1) is 11.6 Å². The van der Waals surface area contributed by atoms with Crippen molar-refractivity contribution in [1.82, 2.24) is 15.6 Å². The van der Waals surface area contributed by atoms with Crippen LogP contribution in [0.2, 0.25) is 0 Å². The second-order valence-electron chi connectivity index (χ2n) is 5.78. The zero-order chi connectivity index (χ0) is 16.9. The van der Waals surface area contributed by atoms with Crippen LogP contribution in [0, 0.1) is 13.8 Å². The minimum Gasteiger partial charge on any atom is -0.463 e. The number of nitrogens with one attached hydrogen (secondary N) is 2. The van der Waals surface area contributed by atoms with Crippen molar-refractivity contribution in [1.29, 1.82) is 0 Å². The van der Waals surface area contributed by atoms with E-state index >= 15 is 0 Å². The van der Waals surface area contributed by atoms with E-state index in [2.05, 4.69) is 15.6 Å². The van der Waals surface area contributed by atoms with Gasteiger partial charge in [-0.25, -0.2) is 9.78 Å². The first kappa shape index (κ1) is 17.5. The van der Waals surface area contributed by atoms with Gasteiger partial charge in [-0.15, -0.1) is 11.3 Å². The first-order valence-electron chi connectivity index (χ1n) is 7.59. The summed E-state index contributed by atoms with van der Waals surface area (Å²) in [4.78, 5) is 16.1. The number of amides is 2. The van der Waals surface area contributed by atoms with Crippen molar-refractivity contribution in [2.24, 2.45) is 0 Å². The summed E-state index contributed by atoms with van der Waals surface area (Å²) in [5.41, 5.74) is -0.199. The molecule has 7 heteroatoms. The number of nitrogens with zero attached hydrogens (tertiary/aromatic N) is 1. The van der Waals surface area contributed by atoms with Crippen molar-refractivity contribution < 1.29 is 14.3 Å². The standard InChI is InChI=1S/C16H23N3O3S/c1-11-9-23-14(19-11)5-4-8-17-15(20)18-10-16(3,21)13-7-6-12(2)22-13/h6-7,9,21H,4-5,8,10H2,1-3H3,(H2,17,18,20). The Balaban J connectivity index is 1.66. The largest absolute Gasteiger partial charge is 0.463 e. The van der Waals surface area contributed by atoms with Crippen molar-refractivity contribution in [3.8, 4) is 0 Å². The van der Waals surface area contributed by atoms with Gasteiger partial charge in [-0.3, -0.25) is 0 Å². The minimum absolute atomic E-state index is 0.0808. The summed E-state index contributed by atoms with van der Waals surface area (Å²) in [6, 6.07) is 3.19. The van der Waals surface area contributed by atoms with E-state index in [-0.39, 0.29) is 12.6 Å². The first-order valence-corrected chi connectivity index (χ1v) is 8.47. The van der Waals surface area contributed by atoms with Gasteiger partial charge in [-0.05, 0) is 39.3 Å². The van der Waals surface area contributed by atoms with Crippen LogP contribution in [0.15, 0.2) is 21.9 Å². The molecule has 0 aliphatic rings. The van der Waals surface area contributed by atoms with Crippen LogP contribution in [0.1, 0.15) is 35.6 Å². The number of aryl methyl sites for hydroxylation is 3. The molecule has 2 rings (SSSR count). The highest BCUT2D eigenvalue weighted by Crippen LogP contribution is 2.21. The highest BCUT2D eigenvalue weighted by Gasteiger charge is 2.27. The van der Waals surface area contributed by atoms with Crippen LogP contribution >= 0.6 is 11.3 Å². The Labute approximate surface area is 139 Å². The number of carbonyl (C=O) groups is 1. The van der Waals surface area contributed by atoms with Gasteiger partial charge in [-0.2, -0.15) is 0 Å². The van der Waals surface area contributed by atoms with Gasteiger partial charge < -0.3 is 20.2 Å². The van der Waals surface area contributed by atoms with Crippen LogP contribution in [0.5, 0.6) is 0 Å². The second kappa shape index (κ2) is 7.61. The molecule has 0 fully saturated rings. The van der Waals surface area contributed by atoms with E-state index in [0.29, 0.717) is 12.3 Å². The third kappa shape index (κ3) is 5.37. The fourth-order valence-electron chi connectivity index (χ4n) is 2.09. The number of carbonyl (C=O) groups excluding carboxylic acids is 1. The molecule has 3 N–H and O–H groups in total. The quantitative estimate of drug-likeness (QED) is 0.677. The molecule has 0 spiro atoms. The monoisotopic (exact) mass is 337 g/mol. The molecular weight excluding hydrogens is 314 g/mol. The average molecular weight is 337 g/mol. The fraction of sp³-hybridized carbons (Fsp3) is 0.500. The third-order valence-corrected chi connectivity index (χ3v) is 4.41. The number of hydrogen-bond donors (Lipinski definition) is 3. The summed E-state index contributed by atoms with van der Waals surface area (Å²) in [5, 5.41) is 18.9. The molecule has 0 radical (unpaired) electrons. The fourth-order valence-corrected chi connectivity index (χ4v) is 2.90. The van der Waals surface area contributed by atoms with Gasteiger partial charge in [0.2, 0.25) is 0 Å². The lowest BCUT2D eigenvalue weighted by Crippen LogP contribution is -2.43. The summed E-state index contributed by atoms with van der Waals surface area (Å²) in [5.74, 6) is 1.16. The molecular formula is C16H23N3O3S. The molecule has 0 bridgehead atoms. The van der Waals surface area contributed by atoms with E-state index in [9.17, 15) is 9.90 Å². The Hall–Kier alpha value is -1.86. The molecule has 2 heterocycles. The third-order valence-electron chi connectivity index (χ3n) is 3.38. The lowest BCUT2D eigenvalue weighted by molar-refractivity contribution is 0.0360. The maximum atomic E-state index is 11.8. The van der Waals surface area contributed by atoms with E-state index < -0.39 is 5.60 Å². The number of hydrogen-bond acceptors (Lipinski definition) is 5. The number of aliphatic hydroxyl groups is 1. The predicted molar refractivity (Wildman–Crippen MR) is 89.6 cm³/mol. The van der Waals surface area contributed by atoms with Crippen LogP contribution in [0.4, 0.5) is 4.79 Å². The Bertz CT molecular complexity index is 649. The molecule has 23 heavy (non-hydrogen) atoms. The van der Waals surface area contributed by atoms with Crippen molar-refractivity contribution in [2.75, 3.05) is 13.1 Å². The van der Waals surface area contributed by atoms with Gasteiger partial charge >= 0.3 is 6.03 Å². The number of furan rings is 1. The van der Waals surface area contributed by atoms with Crippen LogP contribution in [0.25, 0.3) is 0 Å². The minimum atomic E-state index is -1.23. The van der Waals surface area contributed by atoms with E-state index in [4.69, 9.17) is 4.42 Å². The van der Waals surface area contributed by atoms with Crippen molar-refractivity contribution in [3.05, 3.63) is 39.7 Å². The van der Waals surface area contributed by atoms with Crippen LogP contribution in [-0.4, -0.2) is 29.2 Å². The SMILES string of the molecule is Cc1csc(CCCNC(=O)NCC(C)(O)c2ccc(C)o2)n1. The number of thiazole rings is 1. The van der Waals surface area contributed by atoms with Crippen LogP contribution in [-0.2, 0) is 12.0 Å². The predicted octanol–water partition coefficient (Wildman–Crippen LogP) is 2.49. The molecule has 2 amide bonds. The number of urea groups is 1.